The molecule has 0 heterocycles. The lowest BCUT2D eigenvalue weighted by Crippen LogP contribution is -2.19. The number of esters is 1. The Morgan fingerprint density at radius 3 is 2.20 bits per heavy atom. The van der Waals surface area contributed by atoms with Crippen LogP contribution in [0, 0.1) is 0 Å². The van der Waals surface area contributed by atoms with Crippen LogP contribution in [0.4, 0.5) is 0 Å². The highest BCUT2D eigenvalue weighted by molar-refractivity contribution is 6.18. The summed E-state index contributed by atoms with van der Waals surface area (Å²) in [6.07, 6.45) is 21.6. The van der Waals surface area contributed by atoms with Crippen molar-refractivity contribution < 1.29 is 14.6 Å². The van der Waals surface area contributed by atoms with Gasteiger partial charge in [0, 0.05) is 6.42 Å². The van der Waals surface area contributed by atoms with Gasteiger partial charge in [0.25, 0.3) is 0 Å². The Bertz CT molecular complexity index is 353. The maximum atomic E-state index is 11.4. The third-order valence-electron chi connectivity index (χ3n) is 3.95. The number of hydrogen-bond acceptors (Lipinski definition) is 3. The number of aliphatic hydroxyl groups is 1. The second-order valence-electron chi connectivity index (χ2n) is 6.47. The molecule has 0 radical (unpaired) electrons. The minimum absolute atomic E-state index is 0.00258. The largest absolute Gasteiger partial charge is 0.463 e. The molecule has 3 nitrogen and oxygen atoms in total. The maximum absolute atomic E-state index is 11.4. The van der Waals surface area contributed by atoms with E-state index in [1.165, 1.54) is 38.5 Å². The lowest BCUT2D eigenvalue weighted by atomic mass is 10.1. The van der Waals surface area contributed by atoms with E-state index in [2.05, 4.69) is 31.2 Å². The molecule has 0 saturated carbocycles. The van der Waals surface area contributed by atoms with Crippen LogP contribution in [0.2, 0.25) is 0 Å². The zero-order valence-corrected chi connectivity index (χ0v) is 16.7. The van der Waals surface area contributed by atoms with Crippen molar-refractivity contribution in [3.05, 3.63) is 24.3 Å². The van der Waals surface area contributed by atoms with Crippen molar-refractivity contribution in [2.24, 2.45) is 0 Å². The fraction of sp³-hybridized carbons (Fsp3) is 0.762. The van der Waals surface area contributed by atoms with Crippen LogP contribution in [0.3, 0.4) is 0 Å². The summed E-state index contributed by atoms with van der Waals surface area (Å²) in [6, 6.07) is 0. The first-order valence-corrected chi connectivity index (χ1v) is 10.4. The van der Waals surface area contributed by atoms with Gasteiger partial charge in [-0.05, 0) is 38.5 Å². The number of carbonyl (C=O) groups excluding carboxylic acids is 1. The molecule has 0 fully saturated rings. The fourth-order valence-corrected chi connectivity index (χ4v) is 2.48. The van der Waals surface area contributed by atoms with E-state index in [0.29, 0.717) is 6.42 Å². The molecule has 1 N–H and O–H groups in total. The highest BCUT2D eigenvalue weighted by atomic mass is 35.5. The van der Waals surface area contributed by atoms with Crippen LogP contribution >= 0.6 is 11.6 Å². The molecule has 0 aromatic heterocycles. The molecular formula is C21H37ClO3. The summed E-state index contributed by atoms with van der Waals surface area (Å²) in [6.45, 7) is 2.24. The van der Waals surface area contributed by atoms with E-state index in [0.717, 1.165) is 32.1 Å². The zero-order chi connectivity index (χ0) is 18.6. The molecule has 0 unspecified atom stereocenters. The van der Waals surface area contributed by atoms with Crippen molar-refractivity contribution in [2.45, 2.75) is 90.1 Å². The Hall–Kier alpha value is -0.800. The number of alkyl halides is 1. The number of hydrogen-bond donors (Lipinski definition) is 1. The number of allylic oxidation sites excluding steroid dienone is 4. The number of unbranched alkanes of at least 4 members (excludes halogenated alkanes) is 8. The molecule has 25 heavy (non-hydrogen) atoms. The normalized spacial score (nSPS) is 12.9. The summed E-state index contributed by atoms with van der Waals surface area (Å²) in [5.74, 6) is -0.147. The first kappa shape index (κ1) is 24.2. The van der Waals surface area contributed by atoms with Gasteiger partial charge in [-0.25, -0.2) is 0 Å². The van der Waals surface area contributed by atoms with Gasteiger partial charge in [0.15, 0.2) is 0 Å². The average molecular weight is 373 g/mol. The third kappa shape index (κ3) is 19.4. The lowest BCUT2D eigenvalue weighted by molar-refractivity contribution is -0.146. The van der Waals surface area contributed by atoms with Gasteiger partial charge in [0.05, 0.1) is 5.88 Å². The van der Waals surface area contributed by atoms with Gasteiger partial charge < -0.3 is 9.84 Å². The monoisotopic (exact) mass is 372 g/mol. The van der Waals surface area contributed by atoms with Gasteiger partial charge in [-0.3, -0.25) is 4.79 Å². The van der Waals surface area contributed by atoms with E-state index in [1.807, 2.05) is 0 Å². The Morgan fingerprint density at radius 2 is 1.56 bits per heavy atom. The standard InChI is InChI=1S/C21H37ClO3/c1-2-3-4-5-6-7-8-9-10-11-12-13-14-15-16-17-21(24)25-19-20(23)18-22/h6-7,9-10,20,23H,2-5,8,11-19H2,1H3/b7-6+,10-9+/t20-/m1/s1. The second-order valence-corrected chi connectivity index (χ2v) is 6.78. The zero-order valence-electron chi connectivity index (χ0n) is 15.9. The molecule has 0 amide bonds. The molecule has 146 valence electrons. The van der Waals surface area contributed by atoms with Gasteiger partial charge in [0.1, 0.15) is 12.7 Å². The van der Waals surface area contributed by atoms with Crippen molar-refractivity contribution in [3.63, 3.8) is 0 Å². The van der Waals surface area contributed by atoms with E-state index in [-0.39, 0.29) is 18.5 Å². The number of aliphatic hydroxyl groups excluding tert-OH is 1. The predicted molar refractivity (Wildman–Crippen MR) is 107 cm³/mol. The van der Waals surface area contributed by atoms with Crippen molar-refractivity contribution in [1.29, 1.82) is 0 Å². The smallest absolute Gasteiger partial charge is 0.305 e. The number of ether oxygens (including phenoxy) is 1. The predicted octanol–water partition coefficient (Wildman–Crippen LogP) is 5.94. The molecule has 0 aromatic carbocycles. The average Bonchev–Trinajstić information content (AvgIpc) is 2.62. The van der Waals surface area contributed by atoms with E-state index < -0.39 is 6.10 Å². The first-order valence-electron chi connectivity index (χ1n) is 9.90. The highest BCUT2D eigenvalue weighted by Gasteiger charge is 2.07. The molecule has 0 bridgehead atoms. The van der Waals surface area contributed by atoms with Gasteiger partial charge in [-0.2, -0.15) is 0 Å². The van der Waals surface area contributed by atoms with Crippen molar-refractivity contribution in [3.8, 4) is 0 Å². The first-order chi connectivity index (χ1) is 12.2. The topological polar surface area (TPSA) is 46.5 Å². The molecule has 0 saturated heterocycles. The summed E-state index contributed by atoms with van der Waals surface area (Å²) < 4.78 is 4.93. The van der Waals surface area contributed by atoms with Crippen LogP contribution in [0.15, 0.2) is 24.3 Å². The molecule has 0 aliphatic heterocycles. The Labute approximate surface area is 159 Å². The minimum atomic E-state index is -0.754. The molecule has 0 rings (SSSR count). The third-order valence-corrected chi connectivity index (χ3v) is 4.30. The maximum Gasteiger partial charge on any atom is 0.305 e. The van der Waals surface area contributed by atoms with Crippen molar-refractivity contribution in [2.75, 3.05) is 12.5 Å². The number of halogens is 1. The summed E-state index contributed by atoms with van der Waals surface area (Å²) in [4.78, 5) is 11.4. The van der Waals surface area contributed by atoms with E-state index in [9.17, 15) is 9.90 Å². The van der Waals surface area contributed by atoms with Crippen LogP contribution in [0.25, 0.3) is 0 Å². The summed E-state index contributed by atoms with van der Waals surface area (Å²) in [5.41, 5.74) is 0. The Balaban J connectivity index is 3.30. The second kappa shape index (κ2) is 19.5. The van der Waals surface area contributed by atoms with Crippen LogP contribution < -0.4 is 0 Å². The summed E-state index contributed by atoms with van der Waals surface area (Å²) in [5, 5.41) is 9.19. The van der Waals surface area contributed by atoms with Gasteiger partial charge in [-0.15, -0.1) is 11.6 Å². The van der Waals surface area contributed by atoms with Crippen molar-refractivity contribution >= 4 is 17.6 Å². The summed E-state index contributed by atoms with van der Waals surface area (Å²) >= 11 is 5.43. The van der Waals surface area contributed by atoms with Gasteiger partial charge >= 0.3 is 5.97 Å². The number of carbonyl (C=O) groups is 1. The molecule has 0 aliphatic rings. The molecule has 1 atom stereocenters. The molecule has 0 spiro atoms. The SMILES string of the molecule is CCCCC/C=C/C/C=C/CCCCCCCC(=O)OC[C@H](O)CCl. The molecule has 0 aliphatic carbocycles. The van der Waals surface area contributed by atoms with Crippen LogP contribution in [-0.2, 0) is 9.53 Å². The number of rotatable bonds is 17. The quantitative estimate of drug-likeness (QED) is 0.149. The Morgan fingerprint density at radius 1 is 0.960 bits per heavy atom. The van der Waals surface area contributed by atoms with E-state index >= 15 is 0 Å². The van der Waals surface area contributed by atoms with E-state index in [1.54, 1.807) is 0 Å². The Kier molecular flexibility index (Phi) is 18.9. The minimum Gasteiger partial charge on any atom is -0.463 e. The van der Waals surface area contributed by atoms with Crippen LogP contribution in [-0.4, -0.2) is 29.7 Å². The van der Waals surface area contributed by atoms with Crippen LogP contribution in [0.5, 0.6) is 0 Å². The molecular weight excluding hydrogens is 336 g/mol. The molecule has 4 heteroatoms. The lowest BCUT2D eigenvalue weighted by Gasteiger charge is -2.07. The van der Waals surface area contributed by atoms with Gasteiger partial charge in [-0.1, -0.05) is 63.3 Å². The molecule has 0 aromatic rings. The highest BCUT2D eigenvalue weighted by Crippen LogP contribution is 2.09. The van der Waals surface area contributed by atoms with Crippen LogP contribution in [0.1, 0.15) is 84.0 Å². The summed E-state index contributed by atoms with van der Waals surface area (Å²) in [7, 11) is 0. The van der Waals surface area contributed by atoms with E-state index in [4.69, 9.17) is 16.3 Å². The van der Waals surface area contributed by atoms with Crippen molar-refractivity contribution in [1.82, 2.24) is 0 Å². The fourth-order valence-electron chi connectivity index (χ4n) is 2.39. The van der Waals surface area contributed by atoms with Gasteiger partial charge in [0.2, 0.25) is 0 Å².